The summed E-state index contributed by atoms with van der Waals surface area (Å²) in [5.41, 5.74) is 1.74. The number of hydrogen-bond acceptors (Lipinski definition) is 5. The lowest BCUT2D eigenvalue weighted by molar-refractivity contribution is 0.0740. The van der Waals surface area contributed by atoms with Gasteiger partial charge in [0.2, 0.25) is 5.95 Å². The Hall–Kier alpha value is -2.70. The zero-order chi connectivity index (χ0) is 18.5. The first-order valence-electron chi connectivity index (χ1n) is 8.97. The number of anilines is 2. The molecule has 1 aliphatic rings. The van der Waals surface area contributed by atoms with Crippen LogP contribution in [0, 0.1) is 12.7 Å². The monoisotopic (exact) mass is 357 g/mol. The highest BCUT2D eigenvalue weighted by Gasteiger charge is 2.24. The summed E-state index contributed by atoms with van der Waals surface area (Å²) in [5.74, 6) is 0.147. The Labute approximate surface area is 153 Å². The fraction of sp³-hybridized carbons (Fsp3) is 0.421. The number of carbonyl (C=O) groups is 1. The summed E-state index contributed by atoms with van der Waals surface area (Å²) in [6.07, 6.45) is 0.957. The molecule has 3 rings (SSSR count). The normalized spacial score (nSPS) is 14.4. The number of hydrogen-bond donors (Lipinski definition) is 1. The molecule has 1 saturated heterocycles. The Morgan fingerprint density at radius 1 is 1.19 bits per heavy atom. The molecule has 1 N–H and O–H groups in total. The summed E-state index contributed by atoms with van der Waals surface area (Å²) >= 11 is 0. The van der Waals surface area contributed by atoms with Crippen LogP contribution in [0.15, 0.2) is 30.3 Å². The maximum atomic E-state index is 13.9. The highest BCUT2D eigenvalue weighted by Crippen LogP contribution is 2.20. The Morgan fingerprint density at radius 3 is 2.62 bits per heavy atom. The number of piperazine rings is 1. The van der Waals surface area contributed by atoms with Crippen molar-refractivity contribution in [1.82, 2.24) is 14.9 Å². The third-order valence-electron chi connectivity index (χ3n) is 4.37. The minimum absolute atomic E-state index is 0.108. The molecular weight excluding hydrogens is 333 g/mol. The molecule has 2 heterocycles. The van der Waals surface area contributed by atoms with E-state index in [2.05, 4.69) is 22.2 Å². The summed E-state index contributed by atoms with van der Waals surface area (Å²) < 4.78 is 13.9. The van der Waals surface area contributed by atoms with Crippen molar-refractivity contribution in [3.8, 4) is 0 Å². The van der Waals surface area contributed by atoms with Crippen molar-refractivity contribution < 1.29 is 9.18 Å². The van der Waals surface area contributed by atoms with Gasteiger partial charge < -0.3 is 15.1 Å². The second kappa shape index (κ2) is 8.12. The first-order chi connectivity index (χ1) is 12.6. The van der Waals surface area contributed by atoms with E-state index in [1.165, 1.54) is 6.07 Å². The number of halogens is 1. The predicted octanol–water partition coefficient (Wildman–Crippen LogP) is 2.71. The minimum atomic E-state index is -0.231. The molecule has 0 radical (unpaired) electrons. The zero-order valence-corrected chi connectivity index (χ0v) is 15.2. The fourth-order valence-electron chi connectivity index (χ4n) is 3.01. The highest BCUT2D eigenvalue weighted by atomic mass is 19.1. The lowest BCUT2D eigenvalue weighted by atomic mass is 10.2. The Kier molecular flexibility index (Phi) is 5.65. The zero-order valence-electron chi connectivity index (χ0n) is 15.2. The SMILES string of the molecule is CCCNc1nc(C)cc(C(=O)N2CCN(c3ccccc3F)CC2)n1. The van der Waals surface area contributed by atoms with Gasteiger partial charge in [-0.2, -0.15) is 0 Å². The number of benzene rings is 1. The first kappa shape index (κ1) is 18.1. The van der Waals surface area contributed by atoms with Crippen molar-refractivity contribution in [1.29, 1.82) is 0 Å². The van der Waals surface area contributed by atoms with Gasteiger partial charge in [0.25, 0.3) is 5.91 Å². The van der Waals surface area contributed by atoms with E-state index in [1.807, 2.05) is 17.9 Å². The second-order valence-corrected chi connectivity index (χ2v) is 6.38. The van der Waals surface area contributed by atoms with Gasteiger partial charge in [-0.05, 0) is 31.5 Å². The summed E-state index contributed by atoms with van der Waals surface area (Å²) in [7, 11) is 0. The van der Waals surface area contributed by atoms with E-state index in [4.69, 9.17) is 0 Å². The lowest BCUT2D eigenvalue weighted by Crippen LogP contribution is -2.49. The first-order valence-corrected chi connectivity index (χ1v) is 8.97. The van der Waals surface area contributed by atoms with E-state index >= 15 is 0 Å². The van der Waals surface area contributed by atoms with E-state index in [1.54, 1.807) is 23.1 Å². The van der Waals surface area contributed by atoms with Crippen molar-refractivity contribution in [3.63, 3.8) is 0 Å². The average molecular weight is 357 g/mol. The van der Waals surface area contributed by atoms with Crippen LogP contribution in [0.2, 0.25) is 0 Å². The third-order valence-corrected chi connectivity index (χ3v) is 4.37. The van der Waals surface area contributed by atoms with Gasteiger partial charge in [-0.15, -0.1) is 0 Å². The molecule has 1 aromatic carbocycles. The van der Waals surface area contributed by atoms with Gasteiger partial charge in [-0.3, -0.25) is 4.79 Å². The standard InChI is InChI=1S/C19H24FN5O/c1-3-8-21-19-22-14(2)13-16(23-19)18(26)25-11-9-24(10-12-25)17-7-5-4-6-15(17)20/h4-7,13H,3,8-12H2,1-2H3,(H,21,22,23). The van der Waals surface area contributed by atoms with Crippen molar-refractivity contribution in [3.05, 3.63) is 47.5 Å². The van der Waals surface area contributed by atoms with Crippen LogP contribution < -0.4 is 10.2 Å². The van der Waals surface area contributed by atoms with Crippen LogP contribution in [-0.4, -0.2) is 53.5 Å². The van der Waals surface area contributed by atoms with E-state index in [-0.39, 0.29) is 11.7 Å². The molecule has 1 aromatic heterocycles. The van der Waals surface area contributed by atoms with Crippen LogP contribution in [0.4, 0.5) is 16.0 Å². The molecule has 6 nitrogen and oxygen atoms in total. The molecule has 0 atom stereocenters. The smallest absolute Gasteiger partial charge is 0.272 e. The topological polar surface area (TPSA) is 61.4 Å². The summed E-state index contributed by atoms with van der Waals surface area (Å²) in [6.45, 7) is 6.94. The maximum Gasteiger partial charge on any atom is 0.272 e. The number of carbonyl (C=O) groups excluding carboxylic acids is 1. The van der Waals surface area contributed by atoms with E-state index in [9.17, 15) is 9.18 Å². The number of rotatable bonds is 5. The van der Waals surface area contributed by atoms with Crippen LogP contribution in [0.3, 0.4) is 0 Å². The number of aryl methyl sites for hydroxylation is 1. The molecule has 1 amide bonds. The van der Waals surface area contributed by atoms with Gasteiger partial charge in [0.1, 0.15) is 11.5 Å². The van der Waals surface area contributed by atoms with Gasteiger partial charge in [0.05, 0.1) is 5.69 Å². The average Bonchev–Trinajstić information content (AvgIpc) is 2.66. The number of amides is 1. The van der Waals surface area contributed by atoms with E-state index < -0.39 is 0 Å². The summed E-state index contributed by atoms with van der Waals surface area (Å²) in [6, 6.07) is 8.45. The van der Waals surface area contributed by atoms with Gasteiger partial charge in [-0.1, -0.05) is 19.1 Å². The molecule has 26 heavy (non-hydrogen) atoms. The molecule has 0 saturated carbocycles. The van der Waals surface area contributed by atoms with Crippen LogP contribution in [0.1, 0.15) is 29.5 Å². The Morgan fingerprint density at radius 2 is 1.92 bits per heavy atom. The largest absolute Gasteiger partial charge is 0.366 e. The van der Waals surface area contributed by atoms with Gasteiger partial charge >= 0.3 is 0 Å². The van der Waals surface area contributed by atoms with Crippen molar-refractivity contribution >= 4 is 17.5 Å². The van der Waals surface area contributed by atoms with Crippen LogP contribution in [0.25, 0.3) is 0 Å². The van der Waals surface area contributed by atoms with Gasteiger partial charge in [-0.25, -0.2) is 14.4 Å². The number of para-hydroxylation sites is 1. The van der Waals surface area contributed by atoms with Crippen molar-refractivity contribution in [2.24, 2.45) is 0 Å². The minimum Gasteiger partial charge on any atom is -0.366 e. The van der Waals surface area contributed by atoms with E-state index in [0.717, 1.165) is 18.7 Å². The molecule has 1 fully saturated rings. The quantitative estimate of drug-likeness (QED) is 0.892. The van der Waals surface area contributed by atoms with Crippen LogP contribution in [0.5, 0.6) is 0 Å². The van der Waals surface area contributed by atoms with Crippen molar-refractivity contribution in [2.75, 3.05) is 42.9 Å². The molecule has 0 unspecified atom stereocenters. The molecule has 7 heteroatoms. The van der Waals surface area contributed by atoms with E-state index in [0.29, 0.717) is 43.5 Å². The third kappa shape index (κ3) is 4.09. The number of aromatic nitrogens is 2. The number of nitrogens with zero attached hydrogens (tertiary/aromatic N) is 4. The molecule has 0 spiro atoms. The fourth-order valence-corrected chi connectivity index (χ4v) is 3.01. The Balaban J connectivity index is 1.67. The maximum absolute atomic E-state index is 13.9. The van der Waals surface area contributed by atoms with Gasteiger partial charge in [0, 0.05) is 38.4 Å². The molecule has 0 bridgehead atoms. The van der Waals surface area contributed by atoms with Gasteiger partial charge in [0.15, 0.2) is 0 Å². The summed E-state index contributed by atoms with van der Waals surface area (Å²) in [5, 5.41) is 3.13. The Bertz CT molecular complexity index is 774. The van der Waals surface area contributed by atoms with Crippen LogP contribution in [-0.2, 0) is 0 Å². The molecule has 1 aliphatic heterocycles. The molecule has 0 aliphatic carbocycles. The number of nitrogens with one attached hydrogen (secondary N) is 1. The molecular formula is C19H24FN5O. The van der Waals surface area contributed by atoms with Crippen molar-refractivity contribution in [2.45, 2.75) is 20.3 Å². The second-order valence-electron chi connectivity index (χ2n) is 6.38. The molecule has 138 valence electrons. The highest BCUT2D eigenvalue weighted by molar-refractivity contribution is 5.92. The lowest BCUT2D eigenvalue weighted by Gasteiger charge is -2.36. The molecule has 2 aromatic rings. The van der Waals surface area contributed by atoms with Crippen LogP contribution >= 0.6 is 0 Å². The summed E-state index contributed by atoms with van der Waals surface area (Å²) in [4.78, 5) is 25.2. The predicted molar refractivity (Wildman–Crippen MR) is 100 cm³/mol.